The Kier molecular flexibility index (Phi) is 3.54. The minimum Gasteiger partial charge on any atom is -0.347 e. The third-order valence-electron chi connectivity index (χ3n) is 2.94. The van der Waals surface area contributed by atoms with Crippen LogP contribution in [0.15, 0.2) is 36.5 Å². The Bertz CT molecular complexity index is 416. The van der Waals surface area contributed by atoms with Crippen LogP contribution in [0.25, 0.3) is 0 Å². The second-order valence-electron chi connectivity index (χ2n) is 4.38. The van der Waals surface area contributed by atoms with Crippen molar-refractivity contribution in [1.29, 1.82) is 0 Å². The lowest BCUT2D eigenvalue weighted by atomic mass is 10.1. The van der Waals surface area contributed by atoms with E-state index in [2.05, 4.69) is 10.3 Å². The van der Waals surface area contributed by atoms with Crippen molar-refractivity contribution in [2.75, 3.05) is 0 Å². The maximum absolute atomic E-state index is 11.9. The van der Waals surface area contributed by atoms with Gasteiger partial charge in [-0.1, -0.05) is 18.2 Å². The summed E-state index contributed by atoms with van der Waals surface area (Å²) in [5.74, 6) is -0.0801. The first-order valence-corrected chi connectivity index (χ1v) is 5.82. The topological polar surface area (TPSA) is 68.0 Å². The van der Waals surface area contributed by atoms with E-state index in [0.717, 1.165) is 5.69 Å². The zero-order valence-corrected chi connectivity index (χ0v) is 9.84. The number of pyridine rings is 1. The molecule has 3 atom stereocenters. The summed E-state index contributed by atoms with van der Waals surface area (Å²) in [6.45, 7) is 1.93. The molecule has 4 heteroatoms. The normalized spacial score (nSPS) is 24.6. The third-order valence-corrected chi connectivity index (χ3v) is 2.94. The highest BCUT2D eigenvalue weighted by molar-refractivity contribution is 5.81. The average Bonchev–Trinajstić information content (AvgIpc) is 2.77. The summed E-state index contributed by atoms with van der Waals surface area (Å²) < 4.78 is 0. The van der Waals surface area contributed by atoms with Crippen LogP contribution in [-0.4, -0.2) is 16.9 Å². The van der Waals surface area contributed by atoms with Crippen molar-refractivity contribution >= 4 is 5.91 Å². The molecule has 0 saturated heterocycles. The number of amides is 1. The van der Waals surface area contributed by atoms with E-state index in [1.54, 1.807) is 6.20 Å². The molecule has 1 aromatic heterocycles. The molecule has 1 heterocycles. The van der Waals surface area contributed by atoms with E-state index in [-0.39, 0.29) is 23.9 Å². The zero-order valence-electron chi connectivity index (χ0n) is 9.84. The maximum atomic E-state index is 11.9. The van der Waals surface area contributed by atoms with Gasteiger partial charge in [0, 0.05) is 12.2 Å². The fourth-order valence-electron chi connectivity index (χ4n) is 1.95. The van der Waals surface area contributed by atoms with Gasteiger partial charge in [-0.25, -0.2) is 0 Å². The lowest BCUT2D eigenvalue weighted by Gasteiger charge is -2.16. The number of nitrogens with one attached hydrogen (secondary N) is 1. The fraction of sp³-hybridized carbons (Fsp3) is 0.385. The molecular formula is C13H17N3O. The molecule has 1 aliphatic rings. The molecule has 0 aromatic carbocycles. The van der Waals surface area contributed by atoms with Crippen molar-refractivity contribution in [2.45, 2.75) is 25.4 Å². The van der Waals surface area contributed by atoms with Crippen LogP contribution in [-0.2, 0) is 4.79 Å². The highest BCUT2D eigenvalue weighted by Crippen LogP contribution is 2.18. The summed E-state index contributed by atoms with van der Waals surface area (Å²) in [5.41, 5.74) is 6.59. The molecule has 3 N–H and O–H groups in total. The monoisotopic (exact) mass is 231 g/mol. The molecule has 1 amide bonds. The summed E-state index contributed by atoms with van der Waals surface area (Å²) in [4.78, 5) is 16.1. The predicted octanol–water partition coefficient (Wildman–Crippen LogP) is 1.16. The van der Waals surface area contributed by atoms with Crippen LogP contribution in [0.5, 0.6) is 0 Å². The van der Waals surface area contributed by atoms with E-state index in [1.807, 2.05) is 37.3 Å². The van der Waals surface area contributed by atoms with E-state index in [1.165, 1.54) is 0 Å². The Morgan fingerprint density at radius 2 is 2.35 bits per heavy atom. The Balaban J connectivity index is 1.93. The fourth-order valence-corrected chi connectivity index (χ4v) is 1.95. The van der Waals surface area contributed by atoms with Gasteiger partial charge in [0.2, 0.25) is 5.91 Å². The Hall–Kier alpha value is -1.68. The van der Waals surface area contributed by atoms with Crippen molar-refractivity contribution in [1.82, 2.24) is 10.3 Å². The van der Waals surface area contributed by atoms with E-state index in [4.69, 9.17) is 5.73 Å². The van der Waals surface area contributed by atoms with Crippen molar-refractivity contribution in [3.05, 3.63) is 42.2 Å². The quantitative estimate of drug-likeness (QED) is 0.767. The van der Waals surface area contributed by atoms with Gasteiger partial charge in [0.1, 0.15) is 0 Å². The molecule has 2 unspecified atom stereocenters. The number of carbonyl (C=O) groups is 1. The smallest absolute Gasteiger partial charge is 0.227 e. The van der Waals surface area contributed by atoms with Crippen LogP contribution in [0, 0.1) is 5.92 Å². The summed E-state index contributed by atoms with van der Waals surface area (Å²) in [6.07, 6.45) is 6.19. The highest BCUT2D eigenvalue weighted by atomic mass is 16.1. The number of nitrogens with zero attached hydrogens (tertiary/aromatic N) is 1. The molecule has 0 bridgehead atoms. The zero-order chi connectivity index (χ0) is 12.3. The molecule has 0 aliphatic heterocycles. The number of carbonyl (C=O) groups excluding carboxylic acids is 1. The first-order valence-electron chi connectivity index (χ1n) is 5.82. The van der Waals surface area contributed by atoms with Gasteiger partial charge in [0.25, 0.3) is 0 Å². The van der Waals surface area contributed by atoms with Gasteiger partial charge >= 0.3 is 0 Å². The van der Waals surface area contributed by atoms with Gasteiger partial charge in [0.05, 0.1) is 17.7 Å². The lowest BCUT2D eigenvalue weighted by molar-refractivity contribution is -0.124. The molecule has 4 nitrogen and oxygen atoms in total. The molecule has 1 aromatic rings. The van der Waals surface area contributed by atoms with E-state index >= 15 is 0 Å². The SMILES string of the molecule is C[C@@H](NC(=O)C1C=CC(N)C1)c1ccccn1. The molecule has 17 heavy (non-hydrogen) atoms. The van der Waals surface area contributed by atoms with Crippen LogP contribution < -0.4 is 11.1 Å². The Morgan fingerprint density at radius 1 is 1.53 bits per heavy atom. The molecule has 2 rings (SSSR count). The van der Waals surface area contributed by atoms with Gasteiger partial charge in [0.15, 0.2) is 0 Å². The van der Waals surface area contributed by atoms with Crippen LogP contribution in [0.2, 0.25) is 0 Å². The number of nitrogens with two attached hydrogens (primary N) is 1. The first kappa shape index (κ1) is 11.8. The van der Waals surface area contributed by atoms with Gasteiger partial charge in [-0.3, -0.25) is 9.78 Å². The highest BCUT2D eigenvalue weighted by Gasteiger charge is 2.23. The van der Waals surface area contributed by atoms with Crippen molar-refractivity contribution in [2.24, 2.45) is 11.7 Å². The Morgan fingerprint density at radius 3 is 2.94 bits per heavy atom. The van der Waals surface area contributed by atoms with Crippen molar-refractivity contribution in [3.63, 3.8) is 0 Å². The summed E-state index contributed by atoms with van der Waals surface area (Å²) in [5, 5.41) is 2.95. The molecule has 90 valence electrons. The summed E-state index contributed by atoms with van der Waals surface area (Å²) in [7, 11) is 0. The molecule has 1 aliphatic carbocycles. The van der Waals surface area contributed by atoms with Crippen molar-refractivity contribution < 1.29 is 4.79 Å². The molecule has 0 spiro atoms. The van der Waals surface area contributed by atoms with E-state index in [9.17, 15) is 4.79 Å². The maximum Gasteiger partial charge on any atom is 0.227 e. The van der Waals surface area contributed by atoms with E-state index < -0.39 is 0 Å². The van der Waals surface area contributed by atoms with Gasteiger partial charge in [-0.2, -0.15) is 0 Å². The molecule has 0 fully saturated rings. The van der Waals surface area contributed by atoms with Crippen LogP contribution in [0.4, 0.5) is 0 Å². The van der Waals surface area contributed by atoms with Crippen LogP contribution in [0.3, 0.4) is 0 Å². The largest absolute Gasteiger partial charge is 0.347 e. The molecule has 0 radical (unpaired) electrons. The van der Waals surface area contributed by atoms with E-state index in [0.29, 0.717) is 6.42 Å². The molecule has 0 saturated carbocycles. The lowest BCUT2D eigenvalue weighted by Crippen LogP contribution is -2.33. The summed E-state index contributed by atoms with van der Waals surface area (Å²) in [6, 6.07) is 5.61. The van der Waals surface area contributed by atoms with Crippen molar-refractivity contribution in [3.8, 4) is 0 Å². The standard InChI is InChI=1S/C13H17N3O/c1-9(12-4-2-3-7-15-12)16-13(17)10-5-6-11(14)8-10/h2-7,9-11H,8,14H2,1H3,(H,16,17)/t9-,10?,11?/m1/s1. The van der Waals surface area contributed by atoms with Crippen LogP contribution in [0.1, 0.15) is 25.1 Å². The molecular weight excluding hydrogens is 214 g/mol. The number of hydrogen-bond acceptors (Lipinski definition) is 3. The Labute approximate surface area is 101 Å². The van der Waals surface area contributed by atoms with Crippen LogP contribution >= 0.6 is 0 Å². The number of rotatable bonds is 3. The average molecular weight is 231 g/mol. The van der Waals surface area contributed by atoms with Gasteiger partial charge in [-0.15, -0.1) is 0 Å². The second kappa shape index (κ2) is 5.10. The number of aromatic nitrogens is 1. The van der Waals surface area contributed by atoms with Gasteiger partial charge in [-0.05, 0) is 25.5 Å². The predicted molar refractivity (Wildman–Crippen MR) is 66.0 cm³/mol. The number of hydrogen-bond donors (Lipinski definition) is 2. The second-order valence-corrected chi connectivity index (χ2v) is 4.38. The summed E-state index contributed by atoms with van der Waals surface area (Å²) >= 11 is 0. The third kappa shape index (κ3) is 2.91. The first-order chi connectivity index (χ1) is 8.16. The van der Waals surface area contributed by atoms with Gasteiger partial charge < -0.3 is 11.1 Å². The minimum atomic E-state index is -0.101. The minimum absolute atomic E-state index is 0.0101.